The number of carbonyl (C=O) groups is 3. The first kappa shape index (κ1) is 32.5. The highest BCUT2D eigenvalue weighted by Crippen LogP contribution is 2.32. The van der Waals surface area contributed by atoms with Crippen LogP contribution in [0.2, 0.25) is 5.02 Å². The normalized spacial score (nSPS) is 11.6. The molecule has 8 nitrogen and oxygen atoms in total. The number of nitrogens with zero attached hydrogens (tertiary/aromatic N) is 1. The lowest BCUT2D eigenvalue weighted by Crippen LogP contribution is -2.27. The Hall–Kier alpha value is -4.42. The Morgan fingerprint density at radius 2 is 1.66 bits per heavy atom. The van der Waals surface area contributed by atoms with Crippen molar-refractivity contribution in [3.63, 3.8) is 0 Å². The average molecular weight is 633 g/mol. The first-order valence-electron chi connectivity index (χ1n) is 13.5. The van der Waals surface area contributed by atoms with Gasteiger partial charge in [-0.25, -0.2) is 4.39 Å². The van der Waals surface area contributed by atoms with Gasteiger partial charge in [0.15, 0.2) is 0 Å². The van der Waals surface area contributed by atoms with Crippen LogP contribution < -0.4 is 16.0 Å². The molecule has 4 aromatic rings. The van der Waals surface area contributed by atoms with Crippen molar-refractivity contribution in [2.24, 2.45) is 5.92 Å². The van der Waals surface area contributed by atoms with Gasteiger partial charge in [0.05, 0.1) is 22.8 Å². The predicted octanol–water partition coefficient (Wildman–Crippen LogP) is 6.88. The van der Waals surface area contributed by atoms with Gasteiger partial charge in [0.2, 0.25) is 5.91 Å². The molecule has 1 heterocycles. The lowest BCUT2D eigenvalue weighted by Gasteiger charge is -2.13. The maximum Gasteiger partial charge on any atom is 0.416 e. The summed E-state index contributed by atoms with van der Waals surface area (Å²) in [6.07, 6.45) is -4.80. The number of fused-ring (bicyclic) bond motifs is 1. The molecule has 232 valence electrons. The van der Waals surface area contributed by atoms with Gasteiger partial charge in [-0.3, -0.25) is 14.4 Å². The molecule has 1 aromatic heterocycles. The molecule has 4 rings (SSSR count). The minimum absolute atomic E-state index is 0.0811. The number of anilines is 2. The van der Waals surface area contributed by atoms with Crippen LogP contribution in [0.15, 0.2) is 60.7 Å². The number of amides is 3. The van der Waals surface area contributed by atoms with E-state index in [-0.39, 0.29) is 53.5 Å². The van der Waals surface area contributed by atoms with E-state index in [1.54, 1.807) is 54.8 Å². The Morgan fingerprint density at radius 1 is 0.932 bits per heavy atom. The van der Waals surface area contributed by atoms with E-state index in [2.05, 4.69) is 16.0 Å². The van der Waals surface area contributed by atoms with Crippen molar-refractivity contribution in [3.05, 3.63) is 93.9 Å². The molecule has 3 N–H and O–H groups in total. The van der Waals surface area contributed by atoms with E-state index >= 15 is 0 Å². The van der Waals surface area contributed by atoms with Crippen molar-refractivity contribution in [1.82, 2.24) is 9.88 Å². The van der Waals surface area contributed by atoms with E-state index in [1.807, 2.05) is 0 Å². The monoisotopic (exact) mass is 632 g/mol. The number of carbonyl (C=O) groups excluding carboxylic acids is 3. The Balaban J connectivity index is 1.59. The third-order valence-corrected chi connectivity index (χ3v) is 6.99. The molecule has 0 aliphatic carbocycles. The van der Waals surface area contributed by atoms with Crippen LogP contribution in [-0.4, -0.2) is 36.0 Å². The Labute approximate surface area is 255 Å². The van der Waals surface area contributed by atoms with Crippen LogP contribution in [0.5, 0.6) is 0 Å². The number of nitrogens with one attached hydrogen (secondary N) is 3. The molecule has 0 saturated heterocycles. The molecule has 0 aliphatic rings. The zero-order valence-corrected chi connectivity index (χ0v) is 24.7. The van der Waals surface area contributed by atoms with Gasteiger partial charge in [-0.2, -0.15) is 13.2 Å². The molecule has 0 radical (unpaired) electrons. The molecule has 13 heteroatoms. The quantitative estimate of drug-likeness (QED) is 0.166. The number of alkyl halides is 3. The summed E-state index contributed by atoms with van der Waals surface area (Å²) >= 11 is 6.29. The van der Waals surface area contributed by atoms with Gasteiger partial charge in [0.25, 0.3) is 11.8 Å². The number of methoxy groups -OCH3 is 1. The van der Waals surface area contributed by atoms with Crippen molar-refractivity contribution >= 4 is 51.6 Å². The molecule has 0 atom stereocenters. The number of ether oxygens (including phenoxy) is 1. The van der Waals surface area contributed by atoms with Gasteiger partial charge in [-0.1, -0.05) is 31.5 Å². The fourth-order valence-corrected chi connectivity index (χ4v) is 4.63. The largest absolute Gasteiger partial charge is 0.416 e. The lowest BCUT2D eigenvalue weighted by atomic mass is 10.1. The van der Waals surface area contributed by atoms with Crippen LogP contribution in [0.1, 0.15) is 45.8 Å². The third-order valence-electron chi connectivity index (χ3n) is 6.66. The number of aromatic nitrogens is 1. The zero-order valence-electron chi connectivity index (χ0n) is 23.9. The Morgan fingerprint density at radius 3 is 2.34 bits per heavy atom. The summed E-state index contributed by atoms with van der Waals surface area (Å²) in [5, 5.41) is 8.65. The van der Waals surface area contributed by atoms with Crippen LogP contribution in [0, 0.1) is 11.7 Å². The van der Waals surface area contributed by atoms with E-state index < -0.39 is 29.4 Å². The minimum Gasteiger partial charge on any atom is -0.383 e. The van der Waals surface area contributed by atoms with Gasteiger partial charge >= 0.3 is 6.18 Å². The summed E-state index contributed by atoms with van der Waals surface area (Å²) < 4.78 is 60.2. The highest BCUT2D eigenvalue weighted by Gasteiger charge is 2.31. The topological polar surface area (TPSA) is 101 Å². The number of halogens is 5. The molecule has 0 fully saturated rings. The minimum atomic E-state index is -4.80. The lowest BCUT2D eigenvalue weighted by molar-refractivity contribution is -0.137. The number of rotatable bonds is 10. The zero-order chi connectivity index (χ0) is 32.2. The fraction of sp³-hybridized carbons (Fsp3) is 0.258. The Kier molecular flexibility index (Phi) is 9.95. The van der Waals surface area contributed by atoms with Crippen molar-refractivity contribution < 1.29 is 36.7 Å². The maximum absolute atomic E-state index is 13.9. The summed E-state index contributed by atoms with van der Waals surface area (Å²) in [7, 11) is 1.48. The molecule has 0 aliphatic heterocycles. The van der Waals surface area contributed by atoms with Gasteiger partial charge in [0, 0.05) is 48.4 Å². The second kappa shape index (κ2) is 13.5. The van der Waals surface area contributed by atoms with E-state index in [0.717, 1.165) is 6.07 Å². The highest BCUT2D eigenvalue weighted by atomic mass is 35.5. The van der Waals surface area contributed by atoms with Crippen molar-refractivity contribution in [3.8, 4) is 0 Å². The van der Waals surface area contributed by atoms with Crippen LogP contribution in [0.3, 0.4) is 0 Å². The van der Waals surface area contributed by atoms with Gasteiger partial charge < -0.3 is 25.3 Å². The molecule has 0 bridgehead atoms. The molecule has 0 saturated carbocycles. The van der Waals surface area contributed by atoms with Crippen LogP contribution >= 0.6 is 11.6 Å². The smallest absolute Gasteiger partial charge is 0.383 e. The molecule has 0 unspecified atom stereocenters. The third kappa shape index (κ3) is 7.74. The van der Waals surface area contributed by atoms with E-state index in [0.29, 0.717) is 34.3 Å². The summed E-state index contributed by atoms with van der Waals surface area (Å²) in [4.78, 5) is 38.3. The summed E-state index contributed by atoms with van der Waals surface area (Å²) in [6.45, 7) is 4.19. The van der Waals surface area contributed by atoms with Crippen molar-refractivity contribution in [2.45, 2.75) is 33.1 Å². The van der Waals surface area contributed by atoms with Crippen LogP contribution in [0.4, 0.5) is 28.9 Å². The summed E-state index contributed by atoms with van der Waals surface area (Å²) in [6, 6.07) is 13.0. The summed E-state index contributed by atoms with van der Waals surface area (Å²) in [5.74, 6) is -2.75. The van der Waals surface area contributed by atoms with Gasteiger partial charge in [-0.15, -0.1) is 0 Å². The van der Waals surface area contributed by atoms with E-state index in [1.165, 1.54) is 13.2 Å². The summed E-state index contributed by atoms with van der Waals surface area (Å²) in [5.41, 5.74) is 0.317. The Bertz CT molecular complexity index is 1720. The van der Waals surface area contributed by atoms with Crippen LogP contribution in [0.25, 0.3) is 10.9 Å². The predicted molar refractivity (Wildman–Crippen MR) is 159 cm³/mol. The van der Waals surface area contributed by atoms with Gasteiger partial charge in [-0.05, 0) is 60.2 Å². The average Bonchev–Trinajstić information content (AvgIpc) is 3.32. The molecule has 0 spiro atoms. The molecule has 44 heavy (non-hydrogen) atoms. The standard InChI is InChI=1S/C31H29ClF4N4O4/c1-17(2)28(41)37-16-18-4-6-25(32)24(10-18)29(42)38-22-5-7-26-19(11-22)12-27(40(26)8-9-44-3)30(43)39-23-14-20(31(34,35)36)13-21(33)15-23/h4-7,10-15,17H,8-9,16H2,1-3H3,(H,37,41)(H,38,42)(H,39,43). The number of hydrogen-bond acceptors (Lipinski definition) is 4. The molecular weight excluding hydrogens is 604 g/mol. The van der Waals surface area contributed by atoms with Gasteiger partial charge in [0.1, 0.15) is 11.5 Å². The van der Waals surface area contributed by atoms with Crippen LogP contribution in [-0.2, 0) is 28.8 Å². The van der Waals surface area contributed by atoms with Crippen molar-refractivity contribution in [1.29, 1.82) is 0 Å². The second-order valence-electron chi connectivity index (χ2n) is 10.3. The fourth-order valence-electron chi connectivity index (χ4n) is 4.43. The maximum atomic E-state index is 13.9. The van der Waals surface area contributed by atoms with E-state index in [4.69, 9.17) is 16.3 Å². The number of hydrogen-bond donors (Lipinski definition) is 3. The first-order valence-corrected chi connectivity index (χ1v) is 13.8. The van der Waals surface area contributed by atoms with E-state index in [9.17, 15) is 31.9 Å². The molecule has 3 amide bonds. The number of benzene rings is 3. The first-order chi connectivity index (χ1) is 20.8. The van der Waals surface area contributed by atoms with Crippen molar-refractivity contribution in [2.75, 3.05) is 24.4 Å². The SMILES string of the molecule is COCCn1c(C(=O)Nc2cc(F)cc(C(F)(F)F)c2)cc2cc(NC(=O)c3cc(CNC(=O)C(C)C)ccc3Cl)ccc21. The second-order valence-corrected chi connectivity index (χ2v) is 10.7. The highest BCUT2D eigenvalue weighted by molar-refractivity contribution is 6.34. The molecular formula is C31H29ClF4N4O4. The molecule has 3 aromatic carbocycles.